The van der Waals surface area contributed by atoms with Crippen LogP contribution < -0.4 is 9.64 Å². The number of amides is 1. The molecule has 2 bridgehead atoms. The van der Waals surface area contributed by atoms with Gasteiger partial charge in [0.2, 0.25) is 5.91 Å². The van der Waals surface area contributed by atoms with Crippen LogP contribution in [0.25, 0.3) is 10.4 Å². The third-order valence-corrected chi connectivity index (χ3v) is 12.7. The van der Waals surface area contributed by atoms with E-state index in [2.05, 4.69) is 31.2 Å². The minimum absolute atomic E-state index is 0.0868. The van der Waals surface area contributed by atoms with Gasteiger partial charge in [0.25, 0.3) is 0 Å². The average Bonchev–Trinajstić information content (AvgIpc) is 3.83. The maximum atomic E-state index is 14.5. The number of nitrogens with zero attached hydrogens (tertiary/aromatic N) is 3. The minimum Gasteiger partial charge on any atom is -0.496 e. The molecule has 5 saturated carbocycles. The lowest BCUT2D eigenvalue weighted by Crippen LogP contribution is -2.52. The van der Waals surface area contributed by atoms with Gasteiger partial charge in [-0.3, -0.25) is 14.5 Å². The Morgan fingerprint density at radius 3 is 2.27 bits per heavy atom. The first-order valence-corrected chi connectivity index (χ1v) is 17.6. The van der Waals surface area contributed by atoms with Gasteiger partial charge in [-0.25, -0.2) is 9.97 Å². The van der Waals surface area contributed by atoms with Crippen molar-refractivity contribution in [2.45, 2.75) is 95.3 Å². The molecule has 0 aliphatic heterocycles. The second-order valence-electron chi connectivity index (χ2n) is 14.2. The molecule has 5 aliphatic rings. The number of rotatable bonds is 9. The van der Waals surface area contributed by atoms with Gasteiger partial charge in [0.15, 0.2) is 0 Å². The quantitative estimate of drug-likeness (QED) is 0.224. The van der Waals surface area contributed by atoms with Crippen LogP contribution in [0.2, 0.25) is 0 Å². The highest BCUT2D eigenvalue weighted by atomic mass is 32.1. The summed E-state index contributed by atoms with van der Waals surface area (Å²) in [6, 6.07) is 10.9. The topological polar surface area (TPSA) is 81.6 Å². The van der Waals surface area contributed by atoms with Crippen molar-refractivity contribution < 1.29 is 19.1 Å². The van der Waals surface area contributed by atoms with Gasteiger partial charge in [0, 0.05) is 30.8 Å². The molecule has 1 amide bonds. The van der Waals surface area contributed by atoms with E-state index in [-0.39, 0.29) is 34.5 Å². The van der Waals surface area contributed by atoms with Gasteiger partial charge in [-0.05, 0) is 130 Å². The molecule has 8 heteroatoms. The first kappa shape index (κ1) is 30.4. The summed E-state index contributed by atoms with van der Waals surface area (Å²) in [5.41, 5.74) is 4.01. The number of thiazole rings is 1. The van der Waals surface area contributed by atoms with Gasteiger partial charge in [-0.2, -0.15) is 0 Å². The van der Waals surface area contributed by atoms with E-state index >= 15 is 0 Å². The monoisotopic (exact) mass is 627 g/mol. The zero-order valence-electron chi connectivity index (χ0n) is 26.8. The van der Waals surface area contributed by atoms with Gasteiger partial charge in [-0.15, -0.1) is 11.3 Å². The summed E-state index contributed by atoms with van der Waals surface area (Å²) in [6.45, 7) is 2.84. The zero-order chi connectivity index (χ0) is 31.2. The van der Waals surface area contributed by atoms with Crippen LogP contribution in [0.3, 0.4) is 0 Å². The van der Waals surface area contributed by atoms with Gasteiger partial charge in [-0.1, -0.05) is 12.1 Å². The number of ether oxygens (including phenoxy) is 2. The Hall–Kier alpha value is -3.26. The van der Waals surface area contributed by atoms with Crippen LogP contribution in [0.1, 0.15) is 99.1 Å². The molecule has 3 aromatic rings. The number of hydrogen-bond donors (Lipinski definition) is 0. The summed E-state index contributed by atoms with van der Waals surface area (Å²) in [7, 11) is 3.19. The number of hydrogen-bond acceptors (Lipinski definition) is 7. The minimum atomic E-state index is -0.152. The number of pyridine rings is 1. The summed E-state index contributed by atoms with van der Waals surface area (Å²) >= 11 is 1.77. The fourth-order valence-corrected chi connectivity index (χ4v) is 9.45. The summed E-state index contributed by atoms with van der Waals surface area (Å²) in [5.74, 6) is 2.11. The Balaban J connectivity index is 1.14. The van der Waals surface area contributed by atoms with Crippen molar-refractivity contribution in [3.05, 3.63) is 58.9 Å². The highest BCUT2D eigenvalue weighted by Crippen LogP contribution is 2.58. The summed E-state index contributed by atoms with van der Waals surface area (Å²) < 4.78 is 10.6. The molecule has 2 heterocycles. The third kappa shape index (κ3) is 5.91. The summed E-state index contributed by atoms with van der Waals surface area (Å²) in [4.78, 5) is 39.4. The SMILES string of the molecule is COc1ccc(C23CCC(CN(c4cc(-c5cnc(C6CC6)s5)ccn4)C(=O)[C@H]4CC[C@H](C(=O)OC)CC4)(CC2)CC3)cc1C. The predicted molar refractivity (Wildman–Crippen MR) is 177 cm³/mol. The number of methoxy groups -OCH3 is 2. The lowest BCUT2D eigenvalue weighted by molar-refractivity contribution is -0.147. The average molecular weight is 628 g/mol. The largest absolute Gasteiger partial charge is 0.496 e. The molecule has 5 aliphatic carbocycles. The number of benzene rings is 1. The molecule has 8 rings (SSSR count). The van der Waals surface area contributed by atoms with Gasteiger partial charge < -0.3 is 9.47 Å². The standard InChI is InChI=1S/C37H45N3O4S/c1-24-20-29(10-11-30(24)43-2)37-16-13-36(14-17-37,15-18-37)23-40(34(41)26-6-8-27(9-7-26)35(42)44-3)32-21-28(12-19-38-32)31-22-39-33(45-31)25-4-5-25/h10-12,19-22,25-27H,4-9,13-18,23H2,1-3H3/t26-,27-,36?,37?. The van der Waals surface area contributed by atoms with E-state index in [4.69, 9.17) is 19.4 Å². The van der Waals surface area contributed by atoms with Crippen molar-refractivity contribution in [3.8, 4) is 16.2 Å². The molecule has 0 atom stereocenters. The van der Waals surface area contributed by atoms with E-state index in [1.807, 2.05) is 23.4 Å². The van der Waals surface area contributed by atoms with Crippen LogP contribution in [0.5, 0.6) is 5.75 Å². The van der Waals surface area contributed by atoms with Crippen molar-refractivity contribution >= 4 is 29.0 Å². The molecule has 0 spiro atoms. The number of carbonyl (C=O) groups is 2. The van der Waals surface area contributed by atoms with E-state index in [1.165, 1.54) is 36.1 Å². The van der Waals surface area contributed by atoms with Crippen molar-refractivity contribution in [1.82, 2.24) is 9.97 Å². The van der Waals surface area contributed by atoms with Gasteiger partial charge >= 0.3 is 5.97 Å². The van der Waals surface area contributed by atoms with Gasteiger partial charge in [0.1, 0.15) is 11.6 Å². The Bertz CT molecular complexity index is 1550. The van der Waals surface area contributed by atoms with Crippen LogP contribution >= 0.6 is 11.3 Å². The highest BCUT2D eigenvalue weighted by molar-refractivity contribution is 7.15. The summed E-state index contributed by atoms with van der Waals surface area (Å²) in [6.07, 6.45) is 15.9. The Morgan fingerprint density at radius 1 is 0.911 bits per heavy atom. The number of aromatic nitrogens is 2. The van der Waals surface area contributed by atoms with Crippen LogP contribution in [-0.2, 0) is 19.7 Å². The van der Waals surface area contributed by atoms with E-state index in [9.17, 15) is 9.59 Å². The Kier molecular flexibility index (Phi) is 8.21. The van der Waals surface area contributed by atoms with Crippen molar-refractivity contribution in [1.29, 1.82) is 0 Å². The Morgan fingerprint density at radius 2 is 1.62 bits per heavy atom. The molecular weight excluding hydrogens is 582 g/mol. The van der Waals surface area contributed by atoms with E-state index in [0.29, 0.717) is 38.1 Å². The number of anilines is 1. The smallest absolute Gasteiger partial charge is 0.308 e. The normalized spacial score (nSPS) is 27.6. The predicted octanol–water partition coefficient (Wildman–Crippen LogP) is 8.00. The molecule has 0 radical (unpaired) electrons. The van der Waals surface area contributed by atoms with E-state index in [1.54, 1.807) is 18.4 Å². The molecule has 2 aromatic heterocycles. The maximum absolute atomic E-state index is 14.5. The number of fused-ring (bicyclic) bond motifs is 3. The molecule has 0 saturated heterocycles. The highest BCUT2D eigenvalue weighted by Gasteiger charge is 2.51. The molecule has 0 N–H and O–H groups in total. The zero-order valence-corrected chi connectivity index (χ0v) is 27.7. The van der Waals surface area contributed by atoms with Crippen LogP contribution in [0, 0.1) is 24.2 Å². The van der Waals surface area contributed by atoms with Crippen LogP contribution in [-0.4, -0.2) is 42.6 Å². The molecule has 0 unspecified atom stereocenters. The lowest BCUT2D eigenvalue weighted by atomic mass is 9.51. The van der Waals surface area contributed by atoms with Crippen LogP contribution in [0.4, 0.5) is 5.82 Å². The molecule has 238 valence electrons. The van der Waals surface area contributed by atoms with Crippen molar-refractivity contribution in [2.24, 2.45) is 17.3 Å². The first-order chi connectivity index (χ1) is 21.8. The fraction of sp³-hybridized carbons (Fsp3) is 0.568. The van der Waals surface area contributed by atoms with Crippen molar-refractivity contribution in [3.63, 3.8) is 0 Å². The molecule has 7 nitrogen and oxygen atoms in total. The Labute approximate surface area is 270 Å². The second-order valence-corrected chi connectivity index (χ2v) is 15.3. The number of esters is 1. The first-order valence-electron chi connectivity index (χ1n) is 16.8. The maximum Gasteiger partial charge on any atom is 0.308 e. The molecule has 45 heavy (non-hydrogen) atoms. The number of carbonyl (C=O) groups excluding carboxylic acids is 2. The lowest BCUT2D eigenvalue weighted by Gasteiger charge is -2.55. The number of aryl methyl sites for hydroxylation is 1. The molecule has 5 fully saturated rings. The second kappa shape index (κ2) is 12.2. The van der Waals surface area contributed by atoms with E-state index < -0.39 is 0 Å². The van der Waals surface area contributed by atoms with E-state index in [0.717, 1.165) is 60.5 Å². The third-order valence-electron chi connectivity index (χ3n) is 11.5. The molecular formula is C37H45N3O4S. The fourth-order valence-electron chi connectivity index (χ4n) is 8.37. The van der Waals surface area contributed by atoms with Crippen molar-refractivity contribution in [2.75, 3.05) is 25.7 Å². The van der Waals surface area contributed by atoms with Gasteiger partial charge in [0.05, 0.1) is 30.0 Å². The summed E-state index contributed by atoms with van der Waals surface area (Å²) in [5, 5.41) is 1.22. The molecule has 1 aromatic carbocycles. The van der Waals surface area contributed by atoms with Crippen LogP contribution in [0.15, 0.2) is 42.7 Å².